The smallest absolute Gasteiger partial charge is 0.0556 e. The van der Waals surface area contributed by atoms with E-state index in [1.807, 2.05) is 18.0 Å². The predicted octanol–water partition coefficient (Wildman–Crippen LogP) is 2.55. The van der Waals surface area contributed by atoms with Crippen LogP contribution in [0.3, 0.4) is 0 Å². The summed E-state index contributed by atoms with van der Waals surface area (Å²) in [4.78, 5) is 1.28. The van der Waals surface area contributed by atoms with E-state index in [2.05, 4.69) is 47.5 Å². The van der Waals surface area contributed by atoms with Crippen molar-refractivity contribution < 1.29 is 5.11 Å². The summed E-state index contributed by atoms with van der Waals surface area (Å²) in [6.07, 6.45) is 8.77. The van der Waals surface area contributed by atoms with Gasteiger partial charge in [-0.15, -0.1) is 0 Å². The summed E-state index contributed by atoms with van der Waals surface area (Å²) in [7, 11) is 0. The Kier molecular flexibility index (Phi) is 11.4. The quantitative estimate of drug-likeness (QED) is 0.307. The van der Waals surface area contributed by atoms with Crippen LogP contribution in [0.1, 0.15) is 26.7 Å². The van der Waals surface area contributed by atoms with E-state index in [4.69, 9.17) is 5.11 Å². The van der Waals surface area contributed by atoms with Crippen LogP contribution in [0, 0.1) is 5.92 Å². The fourth-order valence-electron chi connectivity index (χ4n) is 2.54. The number of nitrogens with one attached hydrogen (secondary N) is 2. The van der Waals surface area contributed by atoms with Crippen LogP contribution in [-0.4, -0.2) is 55.3 Å². The Hall–Kier alpha value is -0.590. The molecule has 1 aliphatic rings. The van der Waals surface area contributed by atoms with Gasteiger partial charge in [-0.05, 0) is 35.9 Å². The standard InChI is InChI=1S/C18H33N3OS/c1-4-6-16(3)17(5-2)7-8-18(15-20-11-14-22)23-21-12-9-19-10-13-21/h5,7-8,16,19-20,22H,2,4,6,9-15H2,1,3H3/b17-7+,18-8+. The highest BCUT2D eigenvalue weighted by molar-refractivity contribution is 8.00. The van der Waals surface area contributed by atoms with Crippen molar-refractivity contribution in [2.45, 2.75) is 26.7 Å². The molecular weight excluding hydrogens is 306 g/mol. The summed E-state index contributed by atoms with van der Waals surface area (Å²) in [5.74, 6) is 0.546. The van der Waals surface area contributed by atoms with Crippen LogP contribution in [0.2, 0.25) is 0 Å². The number of hydrogen-bond donors (Lipinski definition) is 3. The van der Waals surface area contributed by atoms with Crippen molar-refractivity contribution in [3.8, 4) is 0 Å². The molecule has 1 heterocycles. The third-order valence-electron chi connectivity index (χ3n) is 3.90. The second kappa shape index (κ2) is 12.8. The SMILES string of the molecule is C=C/C(=C\C=C(/CNCCO)SN1CCNCC1)C(C)CCC. The maximum atomic E-state index is 8.96. The zero-order valence-electron chi connectivity index (χ0n) is 14.7. The summed E-state index contributed by atoms with van der Waals surface area (Å²) >= 11 is 1.83. The average molecular weight is 340 g/mol. The molecule has 0 aliphatic carbocycles. The molecule has 5 heteroatoms. The maximum absolute atomic E-state index is 8.96. The second-order valence-corrected chi connectivity index (χ2v) is 7.09. The van der Waals surface area contributed by atoms with Crippen LogP contribution in [0.15, 0.2) is 35.3 Å². The van der Waals surface area contributed by atoms with Gasteiger partial charge in [-0.25, -0.2) is 4.31 Å². The number of nitrogens with zero attached hydrogens (tertiary/aromatic N) is 1. The molecule has 1 atom stereocenters. The molecule has 0 radical (unpaired) electrons. The molecule has 0 amide bonds. The van der Waals surface area contributed by atoms with E-state index < -0.39 is 0 Å². The molecule has 0 bridgehead atoms. The summed E-state index contributed by atoms with van der Waals surface area (Å²) in [6, 6.07) is 0. The van der Waals surface area contributed by atoms with Gasteiger partial charge < -0.3 is 15.7 Å². The number of allylic oxidation sites excluding steroid dienone is 4. The molecule has 0 aromatic rings. The van der Waals surface area contributed by atoms with E-state index in [0.717, 1.165) is 32.7 Å². The molecule has 1 rings (SSSR count). The molecule has 1 aliphatic heterocycles. The van der Waals surface area contributed by atoms with Crippen LogP contribution in [0.4, 0.5) is 0 Å². The van der Waals surface area contributed by atoms with Crippen molar-refractivity contribution in [3.63, 3.8) is 0 Å². The van der Waals surface area contributed by atoms with E-state index in [1.54, 1.807) is 0 Å². The fraction of sp³-hybridized carbons (Fsp3) is 0.667. The van der Waals surface area contributed by atoms with Crippen LogP contribution >= 0.6 is 11.9 Å². The molecular formula is C18H33N3OS. The van der Waals surface area contributed by atoms with Crippen molar-refractivity contribution in [3.05, 3.63) is 35.3 Å². The van der Waals surface area contributed by atoms with Gasteiger partial charge in [0.15, 0.2) is 0 Å². The van der Waals surface area contributed by atoms with E-state index in [-0.39, 0.29) is 6.61 Å². The zero-order valence-corrected chi connectivity index (χ0v) is 15.5. The number of rotatable bonds is 11. The number of hydrogen-bond acceptors (Lipinski definition) is 5. The Labute approximate surface area is 146 Å². The van der Waals surface area contributed by atoms with Crippen LogP contribution in [0.5, 0.6) is 0 Å². The lowest BCUT2D eigenvalue weighted by atomic mass is 9.96. The number of piperazine rings is 1. The molecule has 0 aromatic carbocycles. The normalized spacial score (nSPS) is 18.9. The Morgan fingerprint density at radius 2 is 2.13 bits per heavy atom. The summed E-state index contributed by atoms with van der Waals surface area (Å²) in [5.41, 5.74) is 1.30. The molecule has 23 heavy (non-hydrogen) atoms. The highest BCUT2D eigenvalue weighted by atomic mass is 32.2. The Morgan fingerprint density at radius 1 is 1.39 bits per heavy atom. The molecule has 1 saturated heterocycles. The Bertz CT molecular complexity index is 390. The monoisotopic (exact) mass is 339 g/mol. The molecule has 0 saturated carbocycles. The molecule has 3 N–H and O–H groups in total. The fourth-order valence-corrected chi connectivity index (χ4v) is 3.53. The molecule has 4 nitrogen and oxygen atoms in total. The van der Waals surface area contributed by atoms with Gasteiger partial charge in [-0.1, -0.05) is 39.0 Å². The van der Waals surface area contributed by atoms with Crippen LogP contribution in [-0.2, 0) is 0 Å². The predicted molar refractivity (Wildman–Crippen MR) is 102 cm³/mol. The van der Waals surface area contributed by atoms with Crippen molar-refractivity contribution in [2.24, 2.45) is 5.92 Å². The van der Waals surface area contributed by atoms with Gasteiger partial charge in [0, 0.05) is 44.2 Å². The minimum Gasteiger partial charge on any atom is -0.395 e. The van der Waals surface area contributed by atoms with Gasteiger partial charge in [0.05, 0.1) is 6.61 Å². The first-order valence-corrected chi connectivity index (χ1v) is 9.47. The maximum Gasteiger partial charge on any atom is 0.0556 e. The molecule has 1 fully saturated rings. The third-order valence-corrected chi connectivity index (χ3v) is 5.04. The van der Waals surface area contributed by atoms with Crippen molar-refractivity contribution in [2.75, 3.05) is 45.9 Å². The van der Waals surface area contributed by atoms with Gasteiger partial charge in [0.2, 0.25) is 0 Å². The van der Waals surface area contributed by atoms with E-state index in [9.17, 15) is 0 Å². The molecule has 0 spiro atoms. The first-order valence-electron chi connectivity index (χ1n) is 8.69. The summed E-state index contributed by atoms with van der Waals surface area (Å²) in [5, 5.41) is 15.6. The first kappa shape index (κ1) is 20.5. The van der Waals surface area contributed by atoms with E-state index in [0.29, 0.717) is 12.5 Å². The summed E-state index contributed by atoms with van der Waals surface area (Å²) < 4.78 is 2.40. The van der Waals surface area contributed by atoms with Gasteiger partial charge in [-0.2, -0.15) is 0 Å². The van der Waals surface area contributed by atoms with E-state index in [1.165, 1.54) is 23.3 Å². The highest BCUT2D eigenvalue weighted by Crippen LogP contribution is 2.23. The topological polar surface area (TPSA) is 47.5 Å². The Balaban J connectivity index is 2.72. The minimum atomic E-state index is 0.173. The number of aliphatic hydroxyl groups is 1. The van der Waals surface area contributed by atoms with Gasteiger partial charge >= 0.3 is 0 Å². The molecule has 132 valence electrons. The van der Waals surface area contributed by atoms with Gasteiger partial charge in [0.1, 0.15) is 0 Å². The summed E-state index contributed by atoms with van der Waals surface area (Å²) in [6.45, 7) is 14.3. The number of aliphatic hydroxyl groups excluding tert-OH is 1. The minimum absolute atomic E-state index is 0.173. The van der Waals surface area contributed by atoms with Crippen molar-refractivity contribution >= 4 is 11.9 Å². The first-order chi connectivity index (χ1) is 11.2. The van der Waals surface area contributed by atoms with Crippen LogP contribution < -0.4 is 10.6 Å². The lowest BCUT2D eigenvalue weighted by molar-refractivity contribution is 0.294. The molecule has 0 aromatic heterocycles. The van der Waals surface area contributed by atoms with Crippen LogP contribution in [0.25, 0.3) is 0 Å². The second-order valence-electron chi connectivity index (χ2n) is 5.86. The largest absolute Gasteiger partial charge is 0.395 e. The third kappa shape index (κ3) is 8.72. The van der Waals surface area contributed by atoms with Crippen molar-refractivity contribution in [1.29, 1.82) is 0 Å². The zero-order chi connectivity index (χ0) is 16.9. The molecule has 1 unspecified atom stereocenters. The van der Waals surface area contributed by atoms with Gasteiger partial charge in [-0.3, -0.25) is 0 Å². The van der Waals surface area contributed by atoms with Gasteiger partial charge in [0.25, 0.3) is 0 Å². The van der Waals surface area contributed by atoms with Crippen molar-refractivity contribution in [1.82, 2.24) is 14.9 Å². The Morgan fingerprint density at radius 3 is 2.74 bits per heavy atom. The lowest BCUT2D eigenvalue weighted by Gasteiger charge is -2.27. The lowest BCUT2D eigenvalue weighted by Crippen LogP contribution is -2.40. The highest BCUT2D eigenvalue weighted by Gasteiger charge is 2.12. The van der Waals surface area contributed by atoms with E-state index >= 15 is 0 Å². The average Bonchev–Trinajstić information content (AvgIpc) is 2.56.